The lowest BCUT2D eigenvalue weighted by Crippen LogP contribution is -2.24. The molecular formula is C18H17ClN2O6. The van der Waals surface area contributed by atoms with Crippen LogP contribution < -0.4 is 10.1 Å². The fourth-order valence-electron chi connectivity index (χ4n) is 2.14. The molecule has 2 rings (SSSR count). The number of carbonyl (C=O) groups is 2. The monoisotopic (exact) mass is 392 g/mol. The van der Waals surface area contributed by atoms with E-state index < -0.39 is 23.4 Å². The molecule has 0 spiro atoms. The van der Waals surface area contributed by atoms with Crippen molar-refractivity contribution in [3.8, 4) is 5.75 Å². The van der Waals surface area contributed by atoms with Crippen molar-refractivity contribution in [2.24, 2.45) is 0 Å². The average molecular weight is 393 g/mol. The van der Waals surface area contributed by atoms with Crippen molar-refractivity contribution in [3.63, 3.8) is 0 Å². The topological polar surface area (TPSA) is 108 Å². The zero-order valence-electron chi connectivity index (χ0n) is 14.7. The summed E-state index contributed by atoms with van der Waals surface area (Å²) in [6.45, 7) is 2.75. The number of rotatable bonds is 7. The summed E-state index contributed by atoms with van der Waals surface area (Å²) < 4.78 is 10.2. The first-order chi connectivity index (χ1) is 12.8. The van der Waals surface area contributed by atoms with Crippen LogP contribution in [0.4, 0.5) is 11.4 Å². The van der Waals surface area contributed by atoms with Gasteiger partial charge in [0, 0.05) is 11.1 Å². The Balaban J connectivity index is 1.87. The van der Waals surface area contributed by atoms with Gasteiger partial charge >= 0.3 is 5.97 Å². The summed E-state index contributed by atoms with van der Waals surface area (Å²) in [6.07, 6.45) is 0. The van der Waals surface area contributed by atoms with Gasteiger partial charge in [-0.2, -0.15) is 0 Å². The number of aryl methyl sites for hydroxylation is 2. The number of ether oxygens (including phenoxy) is 2. The fourth-order valence-corrected chi connectivity index (χ4v) is 2.31. The largest absolute Gasteiger partial charge is 0.482 e. The molecule has 0 saturated carbocycles. The molecule has 8 nitrogen and oxygen atoms in total. The molecule has 0 bridgehead atoms. The van der Waals surface area contributed by atoms with E-state index in [9.17, 15) is 19.7 Å². The summed E-state index contributed by atoms with van der Waals surface area (Å²) in [7, 11) is 0. The number of anilines is 1. The number of nitrogens with one attached hydrogen (secondary N) is 1. The molecule has 0 aliphatic carbocycles. The summed E-state index contributed by atoms with van der Waals surface area (Å²) in [6, 6.07) is 9.31. The summed E-state index contributed by atoms with van der Waals surface area (Å²) in [4.78, 5) is 33.9. The van der Waals surface area contributed by atoms with E-state index in [1.807, 2.05) is 26.0 Å². The van der Waals surface area contributed by atoms with Crippen LogP contribution in [-0.2, 0) is 14.3 Å². The Bertz CT molecular complexity index is 884. The van der Waals surface area contributed by atoms with Gasteiger partial charge in [0.05, 0.1) is 4.92 Å². The van der Waals surface area contributed by atoms with Gasteiger partial charge in [0.1, 0.15) is 11.4 Å². The number of carbonyl (C=O) groups excluding carboxylic acids is 2. The maximum atomic E-state index is 11.9. The van der Waals surface area contributed by atoms with E-state index in [1.165, 1.54) is 18.2 Å². The molecule has 0 saturated heterocycles. The number of nitrogens with zero attached hydrogens (tertiary/aromatic N) is 1. The van der Waals surface area contributed by atoms with Crippen molar-refractivity contribution in [1.29, 1.82) is 0 Å². The third-order valence-electron chi connectivity index (χ3n) is 3.48. The molecule has 2 aromatic rings. The lowest BCUT2D eigenvalue weighted by atomic mass is 10.1. The Morgan fingerprint density at radius 3 is 2.59 bits per heavy atom. The summed E-state index contributed by atoms with van der Waals surface area (Å²) in [5, 5.41) is 13.5. The van der Waals surface area contributed by atoms with Gasteiger partial charge in [0.25, 0.3) is 11.6 Å². The molecule has 27 heavy (non-hydrogen) atoms. The van der Waals surface area contributed by atoms with Crippen LogP contribution in [0.3, 0.4) is 0 Å². The third kappa shape index (κ3) is 5.96. The van der Waals surface area contributed by atoms with Crippen molar-refractivity contribution < 1.29 is 24.0 Å². The van der Waals surface area contributed by atoms with Crippen LogP contribution in [0.25, 0.3) is 0 Å². The summed E-state index contributed by atoms with van der Waals surface area (Å²) >= 11 is 5.78. The van der Waals surface area contributed by atoms with Gasteiger partial charge in [0.15, 0.2) is 13.2 Å². The zero-order valence-corrected chi connectivity index (χ0v) is 15.4. The van der Waals surface area contributed by atoms with Crippen LogP contribution in [-0.4, -0.2) is 30.0 Å². The number of nitro groups is 1. The molecule has 0 radical (unpaired) electrons. The highest BCUT2D eigenvalue weighted by Crippen LogP contribution is 2.27. The average Bonchev–Trinajstić information content (AvgIpc) is 2.60. The predicted molar refractivity (Wildman–Crippen MR) is 99.1 cm³/mol. The van der Waals surface area contributed by atoms with Crippen LogP contribution in [0.1, 0.15) is 11.1 Å². The first-order valence-corrected chi connectivity index (χ1v) is 8.23. The standard InChI is InChI=1S/C18H17ClN2O6/c1-11-3-4-12(2)16(7-11)26-10-18(23)27-9-17(22)20-14-8-13(19)5-6-15(14)21(24)25/h3-8H,9-10H2,1-2H3,(H,20,22). The van der Waals surface area contributed by atoms with E-state index in [2.05, 4.69) is 5.32 Å². The smallest absolute Gasteiger partial charge is 0.344 e. The Kier molecular flexibility index (Phi) is 6.73. The van der Waals surface area contributed by atoms with E-state index >= 15 is 0 Å². The van der Waals surface area contributed by atoms with Crippen molar-refractivity contribution in [2.45, 2.75) is 13.8 Å². The summed E-state index contributed by atoms with van der Waals surface area (Å²) in [5.41, 5.74) is 1.43. The Labute approximate surface area is 160 Å². The molecule has 0 aliphatic rings. The Morgan fingerprint density at radius 1 is 1.15 bits per heavy atom. The molecule has 1 N–H and O–H groups in total. The molecule has 0 aromatic heterocycles. The quantitative estimate of drug-likeness (QED) is 0.439. The minimum atomic E-state index is -0.744. The lowest BCUT2D eigenvalue weighted by Gasteiger charge is -2.10. The van der Waals surface area contributed by atoms with Gasteiger partial charge in [-0.1, -0.05) is 23.7 Å². The Morgan fingerprint density at radius 2 is 1.89 bits per heavy atom. The summed E-state index contributed by atoms with van der Waals surface area (Å²) in [5.74, 6) is -0.932. The van der Waals surface area contributed by atoms with Gasteiger partial charge in [0.2, 0.25) is 0 Å². The van der Waals surface area contributed by atoms with Crippen molar-refractivity contribution >= 4 is 34.9 Å². The van der Waals surface area contributed by atoms with Gasteiger partial charge in [-0.25, -0.2) is 4.79 Å². The van der Waals surface area contributed by atoms with Crippen LogP contribution in [0.2, 0.25) is 5.02 Å². The zero-order chi connectivity index (χ0) is 20.0. The van der Waals surface area contributed by atoms with Crippen LogP contribution in [0.15, 0.2) is 36.4 Å². The van der Waals surface area contributed by atoms with Gasteiger partial charge in [-0.3, -0.25) is 14.9 Å². The highest BCUT2D eigenvalue weighted by atomic mass is 35.5. The van der Waals surface area contributed by atoms with Crippen LogP contribution in [0, 0.1) is 24.0 Å². The van der Waals surface area contributed by atoms with Crippen molar-refractivity contribution in [3.05, 3.63) is 62.7 Å². The second-order valence-electron chi connectivity index (χ2n) is 5.69. The molecule has 0 atom stereocenters. The second-order valence-corrected chi connectivity index (χ2v) is 6.12. The van der Waals surface area contributed by atoms with E-state index in [-0.39, 0.29) is 23.0 Å². The number of halogens is 1. The van der Waals surface area contributed by atoms with Crippen LogP contribution in [0.5, 0.6) is 5.75 Å². The number of hydrogen-bond donors (Lipinski definition) is 1. The van der Waals surface area contributed by atoms with Gasteiger partial charge in [-0.05, 0) is 43.2 Å². The molecule has 0 aliphatic heterocycles. The van der Waals surface area contributed by atoms with Crippen LogP contribution >= 0.6 is 11.6 Å². The lowest BCUT2D eigenvalue weighted by molar-refractivity contribution is -0.383. The molecule has 9 heteroatoms. The van der Waals surface area contributed by atoms with E-state index in [1.54, 1.807) is 6.07 Å². The molecule has 0 fully saturated rings. The third-order valence-corrected chi connectivity index (χ3v) is 3.72. The molecular weight excluding hydrogens is 376 g/mol. The predicted octanol–water partition coefficient (Wildman–Crippen LogP) is 3.43. The number of esters is 1. The minimum absolute atomic E-state index is 0.0832. The molecule has 2 aromatic carbocycles. The van der Waals surface area contributed by atoms with E-state index in [0.29, 0.717) is 5.75 Å². The van der Waals surface area contributed by atoms with Gasteiger partial charge in [-0.15, -0.1) is 0 Å². The number of amides is 1. The molecule has 0 unspecified atom stereocenters. The van der Waals surface area contributed by atoms with Crippen molar-refractivity contribution in [1.82, 2.24) is 0 Å². The fraction of sp³-hybridized carbons (Fsp3) is 0.222. The minimum Gasteiger partial charge on any atom is -0.482 e. The SMILES string of the molecule is Cc1ccc(C)c(OCC(=O)OCC(=O)Nc2cc(Cl)ccc2[N+](=O)[O-])c1. The van der Waals surface area contributed by atoms with Crippen molar-refractivity contribution in [2.75, 3.05) is 18.5 Å². The van der Waals surface area contributed by atoms with E-state index in [0.717, 1.165) is 11.1 Å². The first kappa shape index (κ1) is 20.2. The Hall–Kier alpha value is -3.13. The molecule has 142 valence electrons. The molecule has 1 amide bonds. The van der Waals surface area contributed by atoms with Gasteiger partial charge < -0.3 is 14.8 Å². The maximum Gasteiger partial charge on any atom is 0.344 e. The first-order valence-electron chi connectivity index (χ1n) is 7.85. The van der Waals surface area contributed by atoms with E-state index in [4.69, 9.17) is 21.1 Å². The number of benzene rings is 2. The maximum absolute atomic E-state index is 11.9. The normalized spacial score (nSPS) is 10.2. The highest BCUT2D eigenvalue weighted by molar-refractivity contribution is 6.31. The highest BCUT2D eigenvalue weighted by Gasteiger charge is 2.17. The number of nitro benzene ring substituents is 1. The second kappa shape index (κ2) is 9.00. The number of hydrogen-bond acceptors (Lipinski definition) is 6. The molecule has 0 heterocycles.